The lowest BCUT2D eigenvalue weighted by Gasteiger charge is -2.23. The van der Waals surface area contributed by atoms with Crippen LogP contribution in [0.3, 0.4) is 0 Å². The van der Waals surface area contributed by atoms with Crippen LogP contribution < -0.4 is 5.32 Å². The van der Waals surface area contributed by atoms with Gasteiger partial charge in [0.15, 0.2) is 0 Å². The van der Waals surface area contributed by atoms with Crippen molar-refractivity contribution in [1.82, 2.24) is 0 Å². The number of fused-ring (bicyclic) bond motifs is 1. The van der Waals surface area contributed by atoms with E-state index in [1.54, 1.807) is 0 Å². The first-order valence-electron chi connectivity index (χ1n) is 6.38. The van der Waals surface area contributed by atoms with Crippen LogP contribution in [0.15, 0.2) is 54.6 Å². The summed E-state index contributed by atoms with van der Waals surface area (Å²) in [5.74, 6) is 0. The minimum atomic E-state index is 0.599. The van der Waals surface area contributed by atoms with Gasteiger partial charge < -0.3 is 5.32 Å². The Morgan fingerprint density at radius 2 is 1.71 bits per heavy atom. The van der Waals surface area contributed by atoms with Crippen LogP contribution in [0.1, 0.15) is 22.7 Å². The molecule has 1 unspecified atom stereocenters. The van der Waals surface area contributed by atoms with Crippen molar-refractivity contribution in [3.63, 3.8) is 0 Å². The number of hydrogen-bond acceptors (Lipinski definition) is 0. The summed E-state index contributed by atoms with van der Waals surface area (Å²) in [6.07, 6.45) is 2.35. The lowest BCUT2D eigenvalue weighted by Crippen LogP contribution is -2.87. The molecule has 0 aliphatic carbocycles. The summed E-state index contributed by atoms with van der Waals surface area (Å²) in [6, 6.07) is 20.3. The largest absolute Gasteiger partial charge is 0.340 e. The van der Waals surface area contributed by atoms with Gasteiger partial charge in [0, 0.05) is 18.4 Å². The van der Waals surface area contributed by atoms with Gasteiger partial charge in [-0.25, -0.2) is 0 Å². The highest BCUT2D eigenvalue weighted by Crippen LogP contribution is 2.21. The molecule has 0 saturated heterocycles. The molecule has 2 aromatic carbocycles. The Kier molecular flexibility index (Phi) is 2.93. The second-order valence-electron chi connectivity index (χ2n) is 4.77. The molecule has 0 bridgehead atoms. The summed E-state index contributed by atoms with van der Waals surface area (Å²) in [7, 11) is 0. The molecule has 1 aliphatic heterocycles. The number of quaternary nitrogens is 1. The van der Waals surface area contributed by atoms with Gasteiger partial charge in [0.2, 0.25) is 0 Å². The van der Waals surface area contributed by atoms with Crippen LogP contribution in [0.2, 0.25) is 0 Å². The van der Waals surface area contributed by atoms with Gasteiger partial charge in [0.25, 0.3) is 0 Å². The zero-order chi connectivity index (χ0) is 11.5. The van der Waals surface area contributed by atoms with E-state index < -0.39 is 0 Å². The van der Waals surface area contributed by atoms with E-state index >= 15 is 0 Å². The van der Waals surface area contributed by atoms with Gasteiger partial charge in [0.1, 0.15) is 6.04 Å². The third kappa shape index (κ3) is 2.25. The SMILES string of the molecule is c1ccc(CC2[NH2+]CCc3ccccc32)cc1. The van der Waals surface area contributed by atoms with Gasteiger partial charge in [-0.1, -0.05) is 54.6 Å². The average molecular weight is 224 g/mol. The van der Waals surface area contributed by atoms with E-state index in [0.717, 1.165) is 6.42 Å². The van der Waals surface area contributed by atoms with E-state index in [2.05, 4.69) is 59.9 Å². The van der Waals surface area contributed by atoms with E-state index in [1.165, 1.54) is 29.7 Å². The van der Waals surface area contributed by atoms with Gasteiger partial charge in [0.05, 0.1) is 6.54 Å². The van der Waals surface area contributed by atoms with Crippen LogP contribution in [0.5, 0.6) is 0 Å². The summed E-state index contributed by atoms with van der Waals surface area (Å²) in [5, 5.41) is 2.48. The lowest BCUT2D eigenvalue weighted by molar-refractivity contribution is -0.698. The highest BCUT2D eigenvalue weighted by atomic mass is 14.9. The molecule has 3 rings (SSSR count). The fourth-order valence-corrected chi connectivity index (χ4v) is 2.75. The van der Waals surface area contributed by atoms with Crippen molar-refractivity contribution in [1.29, 1.82) is 0 Å². The molecule has 0 radical (unpaired) electrons. The van der Waals surface area contributed by atoms with Gasteiger partial charge in [-0.3, -0.25) is 0 Å². The van der Waals surface area contributed by atoms with Crippen LogP contribution >= 0.6 is 0 Å². The maximum absolute atomic E-state index is 2.48. The number of hydrogen-bond donors (Lipinski definition) is 1. The standard InChI is InChI=1S/C16H17N/c1-2-6-13(7-3-1)12-16-15-9-5-4-8-14(15)10-11-17-16/h1-9,16-17H,10-12H2/p+1. The molecule has 2 N–H and O–H groups in total. The van der Waals surface area contributed by atoms with E-state index in [-0.39, 0.29) is 0 Å². The van der Waals surface area contributed by atoms with Crippen molar-refractivity contribution >= 4 is 0 Å². The highest BCUT2D eigenvalue weighted by molar-refractivity contribution is 5.31. The number of nitrogens with two attached hydrogens (primary N) is 1. The normalized spacial score (nSPS) is 18.7. The van der Waals surface area contributed by atoms with E-state index in [0.29, 0.717) is 6.04 Å². The Morgan fingerprint density at radius 1 is 0.941 bits per heavy atom. The van der Waals surface area contributed by atoms with Crippen molar-refractivity contribution in [2.75, 3.05) is 6.54 Å². The van der Waals surface area contributed by atoms with E-state index in [4.69, 9.17) is 0 Å². The zero-order valence-electron chi connectivity index (χ0n) is 9.97. The molecule has 1 aliphatic rings. The van der Waals surface area contributed by atoms with Crippen LogP contribution in [0, 0.1) is 0 Å². The molecule has 0 fully saturated rings. The Hall–Kier alpha value is -1.60. The van der Waals surface area contributed by atoms with Crippen LogP contribution in [-0.4, -0.2) is 6.54 Å². The molecule has 1 heteroatoms. The fourth-order valence-electron chi connectivity index (χ4n) is 2.75. The summed E-state index contributed by atoms with van der Waals surface area (Å²) in [4.78, 5) is 0. The minimum Gasteiger partial charge on any atom is -0.340 e. The van der Waals surface area contributed by atoms with Gasteiger partial charge in [-0.2, -0.15) is 0 Å². The minimum absolute atomic E-state index is 0.599. The summed E-state index contributed by atoms with van der Waals surface area (Å²) in [6.45, 7) is 1.22. The first kappa shape index (κ1) is 10.5. The fraction of sp³-hybridized carbons (Fsp3) is 0.250. The summed E-state index contributed by atoms with van der Waals surface area (Å²) < 4.78 is 0. The monoisotopic (exact) mass is 224 g/mol. The molecular weight excluding hydrogens is 206 g/mol. The average Bonchev–Trinajstić information content (AvgIpc) is 2.40. The highest BCUT2D eigenvalue weighted by Gasteiger charge is 2.22. The Labute approximate surface area is 102 Å². The number of benzene rings is 2. The second-order valence-corrected chi connectivity index (χ2v) is 4.77. The molecule has 0 amide bonds. The van der Waals surface area contributed by atoms with Crippen LogP contribution in [0.25, 0.3) is 0 Å². The molecule has 1 atom stereocenters. The van der Waals surface area contributed by atoms with Crippen molar-refractivity contribution in [2.24, 2.45) is 0 Å². The van der Waals surface area contributed by atoms with Gasteiger partial charge in [-0.15, -0.1) is 0 Å². The first-order chi connectivity index (χ1) is 8.43. The zero-order valence-corrected chi connectivity index (χ0v) is 9.97. The lowest BCUT2D eigenvalue weighted by atomic mass is 9.90. The van der Waals surface area contributed by atoms with Crippen molar-refractivity contribution < 1.29 is 5.32 Å². The molecular formula is C16H18N+. The molecule has 0 spiro atoms. The van der Waals surface area contributed by atoms with Crippen LogP contribution in [-0.2, 0) is 12.8 Å². The molecule has 0 aromatic heterocycles. The molecule has 0 saturated carbocycles. The summed E-state index contributed by atoms with van der Waals surface area (Å²) in [5.41, 5.74) is 4.50. The Balaban J connectivity index is 1.86. The van der Waals surface area contributed by atoms with Crippen molar-refractivity contribution in [3.8, 4) is 0 Å². The predicted octanol–water partition coefficient (Wildman–Crippen LogP) is 2.09. The molecule has 1 heterocycles. The Morgan fingerprint density at radius 3 is 2.59 bits per heavy atom. The van der Waals surface area contributed by atoms with Gasteiger partial charge >= 0.3 is 0 Å². The van der Waals surface area contributed by atoms with Crippen molar-refractivity contribution in [2.45, 2.75) is 18.9 Å². The topological polar surface area (TPSA) is 16.6 Å². The maximum atomic E-state index is 2.48. The van der Waals surface area contributed by atoms with Crippen LogP contribution in [0.4, 0.5) is 0 Å². The smallest absolute Gasteiger partial charge is 0.116 e. The van der Waals surface area contributed by atoms with Gasteiger partial charge in [-0.05, 0) is 11.1 Å². The third-order valence-electron chi connectivity index (χ3n) is 3.62. The van der Waals surface area contributed by atoms with Crippen molar-refractivity contribution in [3.05, 3.63) is 71.3 Å². The molecule has 2 aromatic rings. The molecule has 17 heavy (non-hydrogen) atoms. The summed E-state index contributed by atoms with van der Waals surface area (Å²) >= 11 is 0. The number of rotatable bonds is 2. The maximum Gasteiger partial charge on any atom is 0.116 e. The molecule has 86 valence electrons. The van der Waals surface area contributed by atoms with E-state index in [1.807, 2.05) is 0 Å². The second kappa shape index (κ2) is 4.72. The quantitative estimate of drug-likeness (QED) is 0.804. The molecule has 1 nitrogen and oxygen atoms in total. The third-order valence-corrected chi connectivity index (χ3v) is 3.62. The Bertz CT molecular complexity index is 490. The predicted molar refractivity (Wildman–Crippen MR) is 69.8 cm³/mol. The first-order valence-corrected chi connectivity index (χ1v) is 6.38. The van der Waals surface area contributed by atoms with E-state index in [9.17, 15) is 0 Å².